The molecule has 0 N–H and O–H groups in total. The molecule has 9 nitrogen and oxygen atoms in total. The maximum atomic E-state index is 15.9. The Morgan fingerprint density at radius 2 is 0.796 bits per heavy atom. The number of halogens is 13. The maximum absolute atomic E-state index is 15.9. The van der Waals surface area contributed by atoms with Crippen LogP contribution in [0.4, 0.5) is 57.1 Å². The summed E-state index contributed by atoms with van der Waals surface area (Å²) in [5.74, 6) is -16.9. The van der Waals surface area contributed by atoms with Gasteiger partial charge in [0.05, 0.1) is 58.9 Å². The fourth-order valence-corrected chi connectivity index (χ4v) is 3.89. The van der Waals surface area contributed by atoms with Gasteiger partial charge in [0.1, 0.15) is 0 Å². The Hall–Kier alpha value is -3.40. The van der Waals surface area contributed by atoms with Gasteiger partial charge in [-0.2, -0.15) is 43.9 Å². The maximum Gasteiger partial charge on any atom is 0.359 e. The third-order valence-corrected chi connectivity index (χ3v) is 6.60. The fraction of sp³-hybridized carbons (Fsp3) is 0.667. The molecule has 0 saturated heterocycles. The zero-order valence-corrected chi connectivity index (χ0v) is 25.0. The van der Waals surface area contributed by atoms with Crippen molar-refractivity contribution < 1.29 is 99.9 Å². The predicted molar refractivity (Wildman–Crippen MR) is 136 cm³/mol. The number of carbonyl (C=O) groups is 3. The van der Waals surface area contributed by atoms with E-state index < -0.39 is 130 Å². The van der Waals surface area contributed by atoms with Gasteiger partial charge in [0.2, 0.25) is 11.3 Å². The van der Waals surface area contributed by atoms with E-state index in [-0.39, 0.29) is 0 Å². The van der Waals surface area contributed by atoms with Crippen molar-refractivity contribution in [3.05, 3.63) is 38.0 Å². The van der Waals surface area contributed by atoms with E-state index in [1.807, 2.05) is 0 Å². The van der Waals surface area contributed by atoms with Crippen LogP contribution >= 0.6 is 0 Å². The Balaban J connectivity index is 3.49. The smallest absolute Gasteiger partial charge is 0.359 e. The van der Waals surface area contributed by atoms with Crippen molar-refractivity contribution >= 4 is 17.9 Å². The number of carbonyl (C=O) groups excluding carboxylic acids is 3. The van der Waals surface area contributed by atoms with Crippen molar-refractivity contribution in [2.45, 2.75) is 72.9 Å². The number of alkyl halides is 13. The minimum atomic E-state index is -6.49. The van der Waals surface area contributed by atoms with Crippen molar-refractivity contribution in [1.82, 2.24) is 0 Å². The third kappa shape index (κ3) is 10.8. The molecule has 0 aliphatic heterocycles. The molecule has 0 heterocycles. The van der Waals surface area contributed by atoms with Crippen LogP contribution < -0.4 is 0 Å². The minimum Gasteiger partial charge on any atom is -0.462 e. The van der Waals surface area contributed by atoms with Crippen LogP contribution in [0.25, 0.3) is 0 Å². The molecule has 0 aromatic carbocycles. The van der Waals surface area contributed by atoms with Gasteiger partial charge in [-0.05, 0) is 0 Å². The van der Waals surface area contributed by atoms with Gasteiger partial charge in [-0.25, -0.2) is 27.6 Å². The van der Waals surface area contributed by atoms with Gasteiger partial charge < -0.3 is 28.4 Å². The van der Waals surface area contributed by atoms with Crippen LogP contribution in [0.2, 0.25) is 0 Å². The molecule has 2 unspecified atom stereocenters. The van der Waals surface area contributed by atoms with Crippen molar-refractivity contribution in [3.8, 4) is 0 Å². The van der Waals surface area contributed by atoms with Gasteiger partial charge in [-0.3, -0.25) is 0 Å². The highest BCUT2D eigenvalue weighted by atomic mass is 19.3. The van der Waals surface area contributed by atoms with Crippen LogP contribution in [0.5, 0.6) is 0 Å². The summed E-state index contributed by atoms with van der Waals surface area (Å²) in [6.45, 7) is -4.20. The van der Waals surface area contributed by atoms with Gasteiger partial charge >= 0.3 is 48.1 Å². The molecule has 0 bridgehead atoms. The van der Waals surface area contributed by atoms with E-state index in [1.165, 1.54) is 0 Å². The van der Waals surface area contributed by atoms with Crippen LogP contribution in [0.3, 0.4) is 0 Å². The van der Waals surface area contributed by atoms with Crippen molar-refractivity contribution in [1.29, 1.82) is 0 Å². The lowest BCUT2D eigenvalue weighted by Crippen LogP contribution is -2.80. The first-order valence-electron chi connectivity index (χ1n) is 13.4. The summed E-state index contributed by atoms with van der Waals surface area (Å²) in [6.07, 6.45) is -21.5. The first kappa shape index (κ1) is 43.6. The molecular formula is C27H29F13O9. The summed E-state index contributed by atoms with van der Waals surface area (Å²) in [4.78, 5) is 33.0. The fourth-order valence-electron chi connectivity index (χ4n) is 3.89. The Kier molecular flexibility index (Phi) is 14.3. The number of hydrogen-bond acceptors (Lipinski definition) is 9. The zero-order valence-electron chi connectivity index (χ0n) is 25.0. The molecular weight excluding hydrogens is 715 g/mol. The summed E-state index contributed by atoms with van der Waals surface area (Å²) in [6, 6.07) is 0. The summed E-state index contributed by atoms with van der Waals surface area (Å²) < 4.78 is 218. The first-order chi connectivity index (χ1) is 22.2. The summed E-state index contributed by atoms with van der Waals surface area (Å²) in [5.41, 5.74) is -17.1. The number of rotatable bonds is 21. The molecule has 1 fully saturated rings. The van der Waals surface area contributed by atoms with E-state index in [4.69, 9.17) is 0 Å². The Labute approximate surface area is 268 Å². The Morgan fingerprint density at radius 3 is 1.06 bits per heavy atom. The van der Waals surface area contributed by atoms with E-state index >= 15 is 30.7 Å². The molecule has 1 aliphatic carbocycles. The van der Waals surface area contributed by atoms with E-state index in [9.17, 15) is 40.7 Å². The molecule has 49 heavy (non-hydrogen) atoms. The first-order valence-corrected chi connectivity index (χ1v) is 13.4. The van der Waals surface area contributed by atoms with Crippen molar-refractivity contribution in [3.63, 3.8) is 0 Å². The summed E-state index contributed by atoms with van der Waals surface area (Å²) in [5, 5.41) is 0. The minimum absolute atomic E-state index is 0.471. The molecule has 0 aromatic heterocycles. The molecule has 1 rings (SSSR count). The molecule has 0 spiro atoms. The van der Waals surface area contributed by atoms with E-state index in [0.29, 0.717) is 18.2 Å². The molecule has 0 amide bonds. The highest BCUT2D eigenvalue weighted by Gasteiger charge is 2.88. The number of hydrogen-bond donors (Lipinski definition) is 0. The molecule has 22 heteroatoms. The summed E-state index contributed by atoms with van der Waals surface area (Å²) in [7, 11) is 0. The van der Waals surface area contributed by atoms with E-state index in [2.05, 4.69) is 48.2 Å². The van der Waals surface area contributed by atoms with Crippen molar-refractivity contribution in [2.75, 3.05) is 39.6 Å². The lowest BCUT2D eigenvalue weighted by molar-refractivity contribution is -0.405. The van der Waals surface area contributed by atoms with Crippen LogP contribution in [0.1, 0.15) is 25.7 Å². The van der Waals surface area contributed by atoms with Crippen LogP contribution in [0, 0.1) is 0 Å². The van der Waals surface area contributed by atoms with Crippen LogP contribution in [0.15, 0.2) is 38.0 Å². The molecule has 282 valence electrons. The largest absolute Gasteiger partial charge is 0.462 e. The lowest BCUT2D eigenvalue weighted by Gasteiger charge is -2.54. The normalized spacial score (nSPS) is 25.2. The third-order valence-electron chi connectivity index (χ3n) is 6.60. The average Bonchev–Trinajstić information content (AvgIpc) is 3.00. The quantitative estimate of drug-likeness (QED) is 0.0609. The van der Waals surface area contributed by atoms with Gasteiger partial charge in [-0.1, -0.05) is 19.7 Å². The van der Waals surface area contributed by atoms with Gasteiger partial charge in [0.15, 0.2) is 0 Å². The highest BCUT2D eigenvalue weighted by Crippen LogP contribution is 2.64. The predicted octanol–water partition coefficient (Wildman–Crippen LogP) is 5.97. The lowest BCUT2D eigenvalue weighted by atomic mass is 9.65. The number of ether oxygens (including phenoxy) is 6. The molecule has 0 radical (unpaired) electrons. The zero-order chi connectivity index (χ0) is 38.2. The van der Waals surface area contributed by atoms with Gasteiger partial charge in [0, 0.05) is 24.6 Å². The van der Waals surface area contributed by atoms with Gasteiger partial charge in [-0.15, -0.1) is 0 Å². The highest BCUT2D eigenvalue weighted by molar-refractivity contribution is 5.81. The van der Waals surface area contributed by atoms with Crippen molar-refractivity contribution in [2.24, 2.45) is 0 Å². The molecule has 1 saturated carbocycles. The average molecular weight is 744 g/mol. The van der Waals surface area contributed by atoms with E-state index in [0.717, 1.165) is 0 Å². The van der Waals surface area contributed by atoms with Gasteiger partial charge in [0.25, 0.3) is 5.67 Å². The monoisotopic (exact) mass is 744 g/mol. The molecule has 1 aliphatic rings. The molecule has 2 atom stereocenters. The Bertz CT molecular complexity index is 1150. The Morgan fingerprint density at radius 1 is 0.531 bits per heavy atom. The second kappa shape index (κ2) is 16.1. The standard InChI is InChI=1S/C27H29F13O9/c1-4-17(41)44-10-7-23(31,32)47-14-20(28)13-21(29,15-48-24(33,34)8-11-45-18(42)5-2)27(39,40)22(30,26(20,37)38)16-49-25(35,36)9-12-46-19(43)6-3/h4-6H,1-3,7-16H2. The topological polar surface area (TPSA) is 107 Å². The summed E-state index contributed by atoms with van der Waals surface area (Å²) >= 11 is 0. The second-order valence-electron chi connectivity index (χ2n) is 10.2. The second-order valence-corrected chi connectivity index (χ2v) is 10.2. The van der Waals surface area contributed by atoms with Crippen LogP contribution in [-0.4, -0.2) is 105 Å². The van der Waals surface area contributed by atoms with Crippen LogP contribution in [-0.2, 0) is 42.8 Å². The van der Waals surface area contributed by atoms with E-state index in [1.54, 1.807) is 0 Å². The molecule has 0 aromatic rings. The SMILES string of the molecule is C=CC(=O)OCCC(F)(F)OCC1(F)CC(F)(COC(F)(F)CCOC(=O)C=C)C(F)(F)C(F)(COC(F)(F)CCOC(=O)C=C)C1(F)F. The number of esters is 3.